The number of hydrogen-bond acceptors (Lipinski definition) is 4. The van der Waals surface area contributed by atoms with Crippen LogP contribution in [0.4, 0.5) is 5.69 Å². The van der Waals surface area contributed by atoms with Gasteiger partial charge in [-0.2, -0.15) is 0 Å². The molecule has 1 saturated carbocycles. The first-order valence-corrected chi connectivity index (χ1v) is 13.2. The van der Waals surface area contributed by atoms with Gasteiger partial charge in [-0.1, -0.05) is 12.1 Å². The van der Waals surface area contributed by atoms with E-state index < -0.39 is 0 Å². The maximum absolute atomic E-state index is 6.26. The van der Waals surface area contributed by atoms with Crippen LogP contribution < -0.4 is 10.2 Å². The summed E-state index contributed by atoms with van der Waals surface area (Å²) >= 11 is 0. The van der Waals surface area contributed by atoms with Gasteiger partial charge in [0.05, 0.1) is 18.8 Å². The second kappa shape index (κ2) is 8.35. The highest BCUT2D eigenvalue weighted by molar-refractivity contribution is 5.50. The number of rotatable bonds is 3. The SMILES string of the molecule is CC1CCCN1C1CCC(c2ccc(N3CCCC4(CCNCC4)C4OCC43)cc2)C1. The maximum Gasteiger partial charge on any atom is 0.0858 e. The molecule has 4 nitrogen and oxygen atoms in total. The third-order valence-corrected chi connectivity index (χ3v) is 9.65. The number of piperidine rings is 1. The van der Waals surface area contributed by atoms with Gasteiger partial charge in [-0.15, -0.1) is 0 Å². The van der Waals surface area contributed by atoms with Gasteiger partial charge >= 0.3 is 0 Å². The van der Waals surface area contributed by atoms with Gasteiger partial charge in [-0.3, -0.25) is 4.90 Å². The van der Waals surface area contributed by atoms with Gasteiger partial charge in [-0.25, -0.2) is 0 Å². The van der Waals surface area contributed by atoms with E-state index >= 15 is 0 Å². The van der Waals surface area contributed by atoms with Crippen molar-refractivity contribution in [3.05, 3.63) is 29.8 Å². The Morgan fingerprint density at radius 1 is 0.968 bits per heavy atom. The van der Waals surface area contributed by atoms with Gasteiger partial charge in [0, 0.05) is 29.7 Å². The Bertz CT molecular complexity index is 758. The molecule has 1 aliphatic carbocycles. The standard InChI is InChI=1S/C27H41N3O/c1-20-4-2-16-29(20)24-10-7-22(18-24)21-5-8-23(9-6-21)30-17-3-11-27(12-14-28-15-13-27)26-25(30)19-31-26/h5-6,8-9,20,22,24-26,28H,2-4,7,10-19H2,1H3. The molecule has 5 atom stereocenters. The minimum atomic E-state index is 0.425. The number of anilines is 1. The molecule has 1 spiro atoms. The summed E-state index contributed by atoms with van der Waals surface area (Å²) < 4.78 is 6.26. The van der Waals surface area contributed by atoms with E-state index in [1.165, 1.54) is 89.7 Å². The fraction of sp³-hybridized carbons (Fsp3) is 0.778. The zero-order valence-corrected chi connectivity index (χ0v) is 19.4. The molecule has 0 bridgehead atoms. The van der Waals surface area contributed by atoms with E-state index in [9.17, 15) is 0 Å². The van der Waals surface area contributed by atoms with Gasteiger partial charge in [0.1, 0.15) is 0 Å². The van der Waals surface area contributed by atoms with Gasteiger partial charge in [-0.05, 0) is 108 Å². The van der Waals surface area contributed by atoms with Crippen LogP contribution in [-0.2, 0) is 4.74 Å². The third-order valence-electron chi connectivity index (χ3n) is 9.65. The number of hydrogen-bond donors (Lipinski definition) is 1. The summed E-state index contributed by atoms with van der Waals surface area (Å²) in [5, 5.41) is 3.56. The maximum atomic E-state index is 6.26. The van der Waals surface area contributed by atoms with Gasteiger partial charge in [0.15, 0.2) is 0 Å². The van der Waals surface area contributed by atoms with Crippen LogP contribution in [0.2, 0.25) is 0 Å². The van der Waals surface area contributed by atoms with Crippen molar-refractivity contribution in [2.45, 2.75) is 94.9 Å². The van der Waals surface area contributed by atoms with Crippen molar-refractivity contribution in [3.8, 4) is 0 Å². The van der Waals surface area contributed by atoms with Crippen LogP contribution in [0.5, 0.6) is 0 Å². The van der Waals surface area contributed by atoms with Crippen LogP contribution in [0.3, 0.4) is 0 Å². The quantitative estimate of drug-likeness (QED) is 0.772. The first kappa shape index (κ1) is 20.5. The third kappa shape index (κ3) is 3.63. The number of ether oxygens (including phenoxy) is 1. The molecule has 170 valence electrons. The molecule has 4 aliphatic heterocycles. The number of fused-ring (bicyclic) bond motifs is 2. The number of nitrogens with zero attached hydrogens (tertiary/aromatic N) is 2. The van der Waals surface area contributed by atoms with Crippen LogP contribution in [0.1, 0.15) is 76.2 Å². The predicted octanol–water partition coefficient (Wildman–Crippen LogP) is 4.54. The lowest BCUT2D eigenvalue weighted by Crippen LogP contribution is -2.63. The van der Waals surface area contributed by atoms with Crippen LogP contribution >= 0.6 is 0 Å². The number of likely N-dealkylation sites (tertiary alicyclic amines) is 1. The molecular formula is C27H41N3O. The summed E-state index contributed by atoms with van der Waals surface area (Å²) in [6, 6.07) is 12.0. The first-order valence-electron chi connectivity index (χ1n) is 13.2. The zero-order chi connectivity index (χ0) is 20.8. The average molecular weight is 424 g/mol. The monoisotopic (exact) mass is 423 g/mol. The molecule has 5 unspecified atom stereocenters. The first-order chi connectivity index (χ1) is 15.2. The molecule has 1 N–H and O–H groups in total. The Hall–Kier alpha value is -1.10. The normalized spacial score (nSPS) is 38.1. The average Bonchev–Trinajstić information content (AvgIpc) is 3.40. The molecule has 4 heterocycles. The van der Waals surface area contributed by atoms with Crippen LogP contribution in [-0.4, -0.2) is 61.9 Å². The molecule has 0 amide bonds. The smallest absolute Gasteiger partial charge is 0.0858 e. The molecule has 0 aromatic heterocycles. The summed E-state index contributed by atoms with van der Waals surface area (Å²) in [6.07, 6.45) is 12.6. The second-order valence-electron chi connectivity index (χ2n) is 11.2. The summed E-state index contributed by atoms with van der Waals surface area (Å²) in [5.41, 5.74) is 3.42. The molecular weight excluding hydrogens is 382 g/mol. The molecule has 1 aromatic carbocycles. The van der Waals surface area contributed by atoms with Gasteiger partial charge in [0.2, 0.25) is 0 Å². The Balaban J connectivity index is 1.14. The Labute approximate surface area is 188 Å². The van der Waals surface area contributed by atoms with Crippen LogP contribution in [0, 0.1) is 5.41 Å². The van der Waals surface area contributed by atoms with Crippen molar-refractivity contribution in [3.63, 3.8) is 0 Å². The fourth-order valence-electron chi connectivity index (χ4n) is 7.80. The van der Waals surface area contributed by atoms with Crippen molar-refractivity contribution in [1.82, 2.24) is 10.2 Å². The lowest BCUT2D eigenvalue weighted by molar-refractivity contribution is -0.152. The van der Waals surface area contributed by atoms with Crippen LogP contribution in [0.15, 0.2) is 24.3 Å². The highest BCUT2D eigenvalue weighted by atomic mass is 16.5. The molecule has 0 radical (unpaired) electrons. The topological polar surface area (TPSA) is 27.7 Å². The number of benzene rings is 1. The van der Waals surface area contributed by atoms with Crippen molar-refractivity contribution in [2.24, 2.45) is 5.41 Å². The van der Waals surface area contributed by atoms with E-state index in [0.717, 1.165) is 24.6 Å². The van der Waals surface area contributed by atoms with E-state index in [2.05, 4.69) is 46.3 Å². The van der Waals surface area contributed by atoms with Gasteiger partial charge in [0.25, 0.3) is 0 Å². The largest absolute Gasteiger partial charge is 0.373 e. The Morgan fingerprint density at radius 3 is 2.52 bits per heavy atom. The molecule has 1 aromatic rings. The summed E-state index contributed by atoms with van der Waals surface area (Å²) in [7, 11) is 0. The predicted molar refractivity (Wildman–Crippen MR) is 127 cm³/mol. The zero-order valence-electron chi connectivity index (χ0n) is 19.4. The Kier molecular flexibility index (Phi) is 5.52. The van der Waals surface area contributed by atoms with E-state index in [1.807, 2.05) is 0 Å². The summed E-state index contributed by atoms with van der Waals surface area (Å²) in [5.74, 6) is 0.758. The van der Waals surface area contributed by atoms with E-state index in [1.54, 1.807) is 5.56 Å². The summed E-state index contributed by atoms with van der Waals surface area (Å²) in [4.78, 5) is 5.50. The fourth-order valence-corrected chi connectivity index (χ4v) is 7.80. The van der Waals surface area contributed by atoms with Crippen molar-refractivity contribution in [2.75, 3.05) is 37.7 Å². The lowest BCUT2D eigenvalue weighted by atomic mass is 9.68. The molecule has 4 saturated heterocycles. The highest BCUT2D eigenvalue weighted by Crippen LogP contribution is 2.48. The second-order valence-corrected chi connectivity index (χ2v) is 11.2. The van der Waals surface area contributed by atoms with Gasteiger partial charge < -0.3 is 15.0 Å². The van der Waals surface area contributed by atoms with E-state index in [-0.39, 0.29) is 0 Å². The minimum absolute atomic E-state index is 0.425. The minimum Gasteiger partial charge on any atom is -0.373 e. The molecule has 31 heavy (non-hydrogen) atoms. The van der Waals surface area contributed by atoms with Crippen molar-refractivity contribution in [1.29, 1.82) is 0 Å². The Morgan fingerprint density at radius 2 is 1.81 bits per heavy atom. The number of nitrogens with one attached hydrogen (secondary N) is 1. The summed E-state index contributed by atoms with van der Waals surface area (Å²) in [6.45, 7) is 8.20. The van der Waals surface area contributed by atoms with E-state index in [0.29, 0.717) is 17.6 Å². The lowest BCUT2D eigenvalue weighted by Gasteiger charge is -2.53. The van der Waals surface area contributed by atoms with Crippen molar-refractivity contribution >= 4 is 5.69 Å². The van der Waals surface area contributed by atoms with Crippen LogP contribution in [0.25, 0.3) is 0 Å². The van der Waals surface area contributed by atoms with Crippen molar-refractivity contribution < 1.29 is 4.74 Å². The highest BCUT2D eigenvalue weighted by Gasteiger charge is 2.52. The van der Waals surface area contributed by atoms with E-state index in [4.69, 9.17) is 4.74 Å². The molecule has 5 fully saturated rings. The molecule has 5 aliphatic rings. The molecule has 4 heteroatoms. The molecule has 6 rings (SSSR count).